The topological polar surface area (TPSA) is 38.7 Å². The highest BCUT2D eigenvalue weighted by Gasteiger charge is 2.09. The van der Waals surface area contributed by atoms with E-state index >= 15 is 0 Å². The zero-order valence-electron chi connectivity index (χ0n) is 9.77. The van der Waals surface area contributed by atoms with E-state index < -0.39 is 0 Å². The van der Waals surface area contributed by atoms with Gasteiger partial charge in [-0.25, -0.2) is 0 Å². The third-order valence-electron chi connectivity index (χ3n) is 2.03. The first-order chi connectivity index (χ1) is 7.79. The fourth-order valence-corrected chi connectivity index (χ4v) is 1.20. The Morgan fingerprint density at radius 3 is 2.88 bits per heavy atom. The summed E-state index contributed by atoms with van der Waals surface area (Å²) in [5, 5.41) is 9.66. The fourth-order valence-electron chi connectivity index (χ4n) is 1.20. The molecule has 0 fully saturated rings. The Kier molecular flexibility index (Phi) is 5.26. The summed E-state index contributed by atoms with van der Waals surface area (Å²) in [7, 11) is 0. The number of aromatic hydroxyl groups is 1. The molecule has 1 aromatic carbocycles. The lowest BCUT2D eigenvalue weighted by Crippen LogP contribution is -1.98. The molecule has 1 N–H and O–H groups in total. The van der Waals surface area contributed by atoms with Crippen LogP contribution in [0.1, 0.15) is 26.7 Å². The third kappa shape index (κ3) is 3.50. The predicted molar refractivity (Wildman–Crippen MR) is 64.0 cm³/mol. The number of para-hydroxylation sites is 1. The van der Waals surface area contributed by atoms with E-state index in [-0.39, 0.29) is 5.75 Å². The molecule has 3 nitrogen and oxygen atoms in total. The molecule has 3 heteroatoms. The van der Waals surface area contributed by atoms with Crippen LogP contribution in [-0.4, -0.2) is 11.7 Å². The molecule has 0 atom stereocenters. The van der Waals surface area contributed by atoms with Crippen molar-refractivity contribution >= 4 is 0 Å². The summed E-state index contributed by atoms with van der Waals surface area (Å²) in [6.45, 7) is 4.53. The highest BCUT2D eigenvalue weighted by atomic mass is 16.5. The molecule has 0 amide bonds. The molecule has 0 radical (unpaired) electrons. The third-order valence-corrected chi connectivity index (χ3v) is 2.03. The number of phenols is 1. The lowest BCUT2D eigenvalue weighted by molar-refractivity contribution is 0.279. The predicted octanol–water partition coefficient (Wildman–Crippen LogP) is 3.48. The molecule has 88 valence electrons. The molecule has 0 heterocycles. The minimum Gasteiger partial charge on any atom is -0.504 e. The quantitative estimate of drug-likeness (QED) is 0.591. The van der Waals surface area contributed by atoms with Crippen LogP contribution in [0.15, 0.2) is 30.5 Å². The van der Waals surface area contributed by atoms with Crippen LogP contribution in [-0.2, 0) is 0 Å². The molecule has 0 aliphatic rings. The fraction of sp³-hybridized carbons (Fsp3) is 0.385. The van der Waals surface area contributed by atoms with Gasteiger partial charge in [0.05, 0.1) is 12.9 Å². The van der Waals surface area contributed by atoms with Crippen molar-refractivity contribution in [1.82, 2.24) is 0 Å². The first kappa shape index (κ1) is 12.4. The largest absolute Gasteiger partial charge is 0.504 e. The smallest absolute Gasteiger partial charge is 0.203 e. The molecule has 0 saturated carbocycles. The molecular weight excluding hydrogens is 204 g/mol. The van der Waals surface area contributed by atoms with E-state index in [1.54, 1.807) is 30.5 Å². The highest BCUT2D eigenvalue weighted by molar-refractivity contribution is 5.50. The molecule has 0 aliphatic carbocycles. The van der Waals surface area contributed by atoms with Gasteiger partial charge >= 0.3 is 0 Å². The summed E-state index contributed by atoms with van der Waals surface area (Å²) in [6.07, 6.45) is 5.34. The molecule has 0 aliphatic heterocycles. The molecule has 0 bridgehead atoms. The Balaban J connectivity index is 2.77. The van der Waals surface area contributed by atoms with Crippen molar-refractivity contribution in [1.29, 1.82) is 0 Å². The van der Waals surface area contributed by atoms with Crippen molar-refractivity contribution < 1.29 is 14.6 Å². The standard InChI is InChI=1S/C13H18O3/c1-3-5-10-16-13-11(14)7-6-8-12(13)15-9-4-2/h4,6-9,14H,3,5,10H2,1-2H3. The zero-order chi connectivity index (χ0) is 11.8. The monoisotopic (exact) mass is 222 g/mol. The molecule has 0 unspecified atom stereocenters. The number of ether oxygens (including phenoxy) is 2. The van der Waals surface area contributed by atoms with E-state index in [1.165, 1.54) is 0 Å². The number of hydrogen-bond acceptors (Lipinski definition) is 3. The van der Waals surface area contributed by atoms with Crippen LogP contribution in [0.2, 0.25) is 0 Å². The van der Waals surface area contributed by atoms with E-state index in [9.17, 15) is 5.11 Å². The molecule has 0 aromatic heterocycles. The van der Waals surface area contributed by atoms with Crippen LogP contribution in [0.25, 0.3) is 0 Å². The second kappa shape index (κ2) is 6.77. The summed E-state index contributed by atoms with van der Waals surface area (Å²) in [4.78, 5) is 0. The molecule has 1 aromatic rings. The maximum Gasteiger partial charge on any atom is 0.203 e. The summed E-state index contributed by atoms with van der Waals surface area (Å²) in [5.74, 6) is 1.06. The number of unbranched alkanes of at least 4 members (excludes halogenated alkanes) is 1. The van der Waals surface area contributed by atoms with Crippen LogP contribution in [0.4, 0.5) is 0 Å². The number of allylic oxidation sites excluding steroid dienone is 1. The normalized spacial score (nSPS) is 10.6. The van der Waals surface area contributed by atoms with Crippen molar-refractivity contribution in [2.24, 2.45) is 0 Å². The van der Waals surface area contributed by atoms with Crippen LogP contribution >= 0.6 is 0 Å². The summed E-state index contributed by atoms with van der Waals surface area (Å²) < 4.78 is 10.8. The number of hydrogen-bond donors (Lipinski definition) is 1. The lowest BCUT2D eigenvalue weighted by atomic mass is 10.3. The SMILES string of the molecule is CC=COc1cccc(O)c1OCCCC. The minimum atomic E-state index is 0.109. The van der Waals surface area contributed by atoms with Crippen molar-refractivity contribution in [2.45, 2.75) is 26.7 Å². The van der Waals surface area contributed by atoms with E-state index in [1.807, 2.05) is 6.92 Å². The first-order valence-electron chi connectivity index (χ1n) is 5.52. The zero-order valence-corrected chi connectivity index (χ0v) is 9.77. The maximum absolute atomic E-state index is 9.66. The van der Waals surface area contributed by atoms with Crippen LogP contribution in [0, 0.1) is 0 Å². The van der Waals surface area contributed by atoms with Crippen LogP contribution in [0.3, 0.4) is 0 Å². The van der Waals surface area contributed by atoms with Crippen LogP contribution < -0.4 is 9.47 Å². The van der Waals surface area contributed by atoms with Crippen molar-refractivity contribution in [3.05, 3.63) is 30.5 Å². The maximum atomic E-state index is 9.66. The molecule has 1 rings (SSSR count). The van der Waals surface area contributed by atoms with E-state index in [0.717, 1.165) is 12.8 Å². The Hall–Kier alpha value is -1.64. The van der Waals surface area contributed by atoms with Gasteiger partial charge in [-0.3, -0.25) is 0 Å². The molecule has 16 heavy (non-hydrogen) atoms. The lowest BCUT2D eigenvalue weighted by Gasteiger charge is -2.11. The van der Waals surface area contributed by atoms with Gasteiger partial charge in [0.25, 0.3) is 0 Å². The van der Waals surface area contributed by atoms with Gasteiger partial charge in [0.15, 0.2) is 11.5 Å². The Morgan fingerprint density at radius 2 is 2.19 bits per heavy atom. The molecule has 0 saturated heterocycles. The molecular formula is C13H18O3. The van der Waals surface area contributed by atoms with Gasteiger partial charge in [0, 0.05) is 0 Å². The Bertz CT molecular complexity index is 345. The van der Waals surface area contributed by atoms with Crippen molar-refractivity contribution in [3.8, 4) is 17.2 Å². The average Bonchev–Trinajstić information content (AvgIpc) is 2.29. The molecule has 0 spiro atoms. The van der Waals surface area contributed by atoms with Crippen LogP contribution in [0.5, 0.6) is 17.2 Å². The van der Waals surface area contributed by atoms with E-state index in [2.05, 4.69) is 6.92 Å². The van der Waals surface area contributed by atoms with Crippen molar-refractivity contribution in [2.75, 3.05) is 6.61 Å². The van der Waals surface area contributed by atoms with E-state index in [0.29, 0.717) is 18.1 Å². The van der Waals surface area contributed by atoms with Gasteiger partial charge in [-0.1, -0.05) is 25.5 Å². The van der Waals surface area contributed by atoms with E-state index in [4.69, 9.17) is 9.47 Å². The number of rotatable bonds is 6. The number of phenolic OH excluding ortho intramolecular Hbond substituents is 1. The Labute approximate surface area is 96.3 Å². The Morgan fingerprint density at radius 1 is 1.38 bits per heavy atom. The van der Waals surface area contributed by atoms with Gasteiger partial charge in [0.1, 0.15) is 0 Å². The summed E-state index contributed by atoms with van der Waals surface area (Å²) >= 11 is 0. The highest BCUT2D eigenvalue weighted by Crippen LogP contribution is 2.36. The van der Waals surface area contributed by atoms with Gasteiger partial charge in [-0.15, -0.1) is 0 Å². The second-order valence-corrected chi connectivity index (χ2v) is 3.39. The summed E-state index contributed by atoms with van der Waals surface area (Å²) in [5.41, 5.74) is 0. The second-order valence-electron chi connectivity index (χ2n) is 3.39. The number of benzene rings is 1. The van der Waals surface area contributed by atoms with Gasteiger partial charge in [0.2, 0.25) is 5.75 Å². The average molecular weight is 222 g/mol. The minimum absolute atomic E-state index is 0.109. The summed E-state index contributed by atoms with van der Waals surface area (Å²) in [6, 6.07) is 5.08. The van der Waals surface area contributed by atoms with Crippen molar-refractivity contribution in [3.63, 3.8) is 0 Å². The van der Waals surface area contributed by atoms with Gasteiger partial charge in [-0.05, 0) is 25.5 Å². The van der Waals surface area contributed by atoms with Gasteiger partial charge in [-0.2, -0.15) is 0 Å². The van der Waals surface area contributed by atoms with Gasteiger partial charge < -0.3 is 14.6 Å². The first-order valence-corrected chi connectivity index (χ1v) is 5.52.